The van der Waals surface area contributed by atoms with E-state index in [4.69, 9.17) is 14.2 Å². The molecule has 0 bridgehead atoms. The quantitative estimate of drug-likeness (QED) is 0.363. The minimum atomic E-state index is -1.10. The van der Waals surface area contributed by atoms with Crippen LogP contribution in [0.3, 0.4) is 0 Å². The minimum absolute atomic E-state index is 0.0516. The van der Waals surface area contributed by atoms with Crippen LogP contribution < -0.4 is 15.4 Å². The van der Waals surface area contributed by atoms with Gasteiger partial charge < -0.3 is 24.8 Å². The van der Waals surface area contributed by atoms with Gasteiger partial charge in [-0.1, -0.05) is 72.8 Å². The standard InChI is InChI=1S/C30H34N2O6/c1-21(31-29(35)38-30(2,3)4)27(33)32-26(28(34)37-20-23-13-9-6-10-14-23)24-15-17-25(18-16-24)36-19-22-11-7-5-8-12-22/h5-18,21,26H,19-20H2,1-4H3,(H,31,35)(H,32,33)/t21-,26+/m0/s1. The number of rotatable bonds is 10. The highest BCUT2D eigenvalue weighted by molar-refractivity contribution is 5.90. The summed E-state index contributed by atoms with van der Waals surface area (Å²) in [5.41, 5.74) is 1.63. The van der Waals surface area contributed by atoms with Crippen molar-refractivity contribution in [1.82, 2.24) is 10.6 Å². The van der Waals surface area contributed by atoms with Crippen LogP contribution in [0.25, 0.3) is 0 Å². The number of carbonyl (C=O) groups excluding carboxylic acids is 3. The molecule has 0 radical (unpaired) electrons. The van der Waals surface area contributed by atoms with Crippen LogP contribution in [0.4, 0.5) is 4.79 Å². The summed E-state index contributed by atoms with van der Waals surface area (Å²) in [4.78, 5) is 38.1. The monoisotopic (exact) mass is 518 g/mol. The van der Waals surface area contributed by atoms with Gasteiger partial charge in [0.25, 0.3) is 0 Å². The van der Waals surface area contributed by atoms with Crippen molar-refractivity contribution in [2.75, 3.05) is 0 Å². The Balaban J connectivity index is 1.70. The Morgan fingerprint density at radius 3 is 1.87 bits per heavy atom. The Kier molecular flexibility index (Phi) is 9.87. The first-order chi connectivity index (χ1) is 18.1. The summed E-state index contributed by atoms with van der Waals surface area (Å²) >= 11 is 0. The van der Waals surface area contributed by atoms with Crippen LogP contribution >= 0.6 is 0 Å². The molecular weight excluding hydrogens is 484 g/mol. The summed E-state index contributed by atoms with van der Waals surface area (Å²) in [5, 5.41) is 5.18. The summed E-state index contributed by atoms with van der Waals surface area (Å²) in [6, 6.07) is 23.8. The fraction of sp³-hybridized carbons (Fsp3) is 0.300. The Morgan fingerprint density at radius 2 is 1.32 bits per heavy atom. The van der Waals surface area contributed by atoms with Crippen molar-refractivity contribution in [3.05, 3.63) is 102 Å². The van der Waals surface area contributed by atoms with E-state index in [1.165, 1.54) is 6.92 Å². The zero-order chi connectivity index (χ0) is 27.5. The molecule has 0 aliphatic carbocycles. The molecule has 0 aliphatic rings. The Bertz CT molecular complexity index is 1190. The highest BCUT2D eigenvalue weighted by Crippen LogP contribution is 2.21. The average Bonchev–Trinajstić information content (AvgIpc) is 2.89. The molecule has 3 aromatic carbocycles. The third-order valence-corrected chi connectivity index (χ3v) is 5.33. The maximum absolute atomic E-state index is 13.1. The molecule has 200 valence electrons. The molecule has 2 atom stereocenters. The van der Waals surface area contributed by atoms with Crippen molar-refractivity contribution in [3.63, 3.8) is 0 Å². The highest BCUT2D eigenvalue weighted by atomic mass is 16.6. The Hall–Kier alpha value is -4.33. The number of hydrogen-bond acceptors (Lipinski definition) is 6. The molecular formula is C30H34N2O6. The van der Waals surface area contributed by atoms with Crippen LogP contribution in [-0.2, 0) is 32.3 Å². The van der Waals surface area contributed by atoms with Crippen LogP contribution in [0.15, 0.2) is 84.9 Å². The van der Waals surface area contributed by atoms with Crippen LogP contribution in [0.5, 0.6) is 5.75 Å². The first-order valence-electron chi connectivity index (χ1n) is 12.4. The number of hydrogen-bond donors (Lipinski definition) is 2. The van der Waals surface area contributed by atoms with Crippen molar-refractivity contribution in [1.29, 1.82) is 0 Å². The first kappa shape index (κ1) is 28.2. The number of amides is 2. The van der Waals surface area contributed by atoms with Gasteiger partial charge in [0.15, 0.2) is 6.04 Å². The van der Waals surface area contributed by atoms with Gasteiger partial charge in [-0.15, -0.1) is 0 Å². The molecule has 0 heterocycles. The maximum atomic E-state index is 13.1. The van der Waals surface area contributed by atoms with E-state index in [0.717, 1.165) is 11.1 Å². The minimum Gasteiger partial charge on any atom is -0.489 e. The molecule has 38 heavy (non-hydrogen) atoms. The van der Waals surface area contributed by atoms with Crippen molar-refractivity contribution >= 4 is 18.0 Å². The van der Waals surface area contributed by atoms with Gasteiger partial charge >= 0.3 is 12.1 Å². The molecule has 0 unspecified atom stereocenters. The average molecular weight is 519 g/mol. The fourth-order valence-electron chi connectivity index (χ4n) is 3.40. The number of ether oxygens (including phenoxy) is 3. The molecule has 2 amide bonds. The zero-order valence-corrected chi connectivity index (χ0v) is 22.1. The van der Waals surface area contributed by atoms with Crippen molar-refractivity contribution in [2.24, 2.45) is 0 Å². The molecule has 0 saturated carbocycles. The molecule has 0 aliphatic heterocycles. The topological polar surface area (TPSA) is 103 Å². The predicted octanol–water partition coefficient (Wildman–Crippen LogP) is 5.08. The van der Waals surface area contributed by atoms with Gasteiger partial charge in [0.1, 0.15) is 30.6 Å². The Morgan fingerprint density at radius 1 is 0.763 bits per heavy atom. The van der Waals surface area contributed by atoms with E-state index in [1.807, 2.05) is 60.7 Å². The smallest absolute Gasteiger partial charge is 0.408 e. The number of carbonyl (C=O) groups is 3. The van der Waals surface area contributed by atoms with E-state index >= 15 is 0 Å². The number of alkyl carbamates (subject to hydrolysis) is 1. The van der Waals surface area contributed by atoms with Crippen molar-refractivity contribution in [2.45, 2.75) is 58.6 Å². The van der Waals surface area contributed by atoms with Crippen LogP contribution in [0, 0.1) is 0 Å². The SMILES string of the molecule is C[C@H](NC(=O)OC(C)(C)C)C(=O)N[C@@H](C(=O)OCc1ccccc1)c1ccc(OCc2ccccc2)cc1. The fourth-order valence-corrected chi connectivity index (χ4v) is 3.40. The molecule has 0 aromatic heterocycles. The van der Waals surface area contributed by atoms with E-state index in [2.05, 4.69) is 10.6 Å². The van der Waals surface area contributed by atoms with Gasteiger partial charge in [0.2, 0.25) is 5.91 Å². The third-order valence-electron chi connectivity index (χ3n) is 5.33. The van der Waals surface area contributed by atoms with E-state index < -0.39 is 35.7 Å². The summed E-state index contributed by atoms with van der Waals surface area (Å²) in [6.45, 7) is 7.13. The van der Waals surface area contributed by atoms with Gasteiger partial charge in [0.05, 0.1) is 0 Å². The molecule has 0 spiro atoms. The summed E-state index contributed by atoms with van der Waals surface area (Å²) in [5.74, 6) is -0.591. The lowest BCUT2D eigenvalue weighted by Gasteiger charge is -2.23. The van der Waals surface area contributed by atoms with Gasteiger partial charge in [-0.2, -0.15) is 0 Å². The molecule has 0 saturated heterocycles. The Labute approximate surface area is 223 Å². The summed E-state index contributed by atoms with van der Waals surface area (Å²) in [7, 11) is 0. The summed E-state index contributed by atoms with van der Waals surface area (Å²) < 4.78 is 16.6. The largest absolute Gasteiger partial charge is 0.489 e. The van der Waals surface area contributed by atoms with Crippen molar-refractivity contribution in [3.8, 4) is 5.75 Å². The second-order valence-corrected chi connectivity index (χ2v) is 9.75. The van der Waals surface area contributed by atoms with Crippen molar-refractivity contribution < 1.29 is 28.6 Å². The second-order valence-electron chi connectivity index (χ2n) is 9.75. The van der Waals surface area contributed by atoms with Crippen LogP contribution in [-0.4, -0.2) is 29.6 Å². The first-order valence-corrected chi connectivity index (χ1v) is 12.4. The molecule has 0 fully saturated rings. The van der Waals surface area contributed by atoms with E-state index in [1.54, 1.807) is 45.0 Å². The number of nitrogens with one attached hydrogen (secondary N) is 2. The molecule has 3 aromatic rings. The predicted molar refractivity (Wildman–Crippen MR) is 143 cm³/mol. The highest BCUT2D eigenvalue weighted by Gasteiger charge is 2.28. The number of esters is 1. The van der Waals surface area contributed by atoms with Gasteiger partial charge in [-0.3, -0.25) is 4.79 Å². The zero-order valence-electron chi connectivity index (χ0n) is 22.1. The van der Waals surface area contributed by atoms with Crippen LogP contribution in [0.1, 0.15) is 50.4 Å². The maximum Gasteiger partial charge on any atom is 0.408 e. The van der Waals surface area contributed by atoms with Gasteiger partial charge in [-0.05, 0) is 56.5 Å². The normalized spacial score (nSPS) is 12.5. The van der Waals surface area contributed by atoms with E-state index in [-0.39, 0.29) is 6.61 Å². The second kappa shape index (κ2) is 13.3. The number of benzene rings is 3. The van der Waals surface area contributed by atoms with Gasteiger partial charge in [-0.25, -0.2) is 9.59 Å². The lowest BCUT2D eigenvalue weighted by atomic mass is 10.1. The lowest BCUT2D eigenvalue weighted by Crippen LogP contribution is -2.48. The molecule has 3 rings (SSSR count). The van der Waals surface area contributed by atoms with E-state index in [9.17, 15) is 14.4 Å². The summed E-state index contributed by atoms with van der Waals surface area (Å²) in [6.07, 6.45) is -0.733. The molecule has 8 heteroatoms. The molecule has 8 nitrogen and oxygen atoms in total. The van der Waals surface area contributed by atoms with Gasteiger partial charge in [0, 0.05) is 0 Å². The lowest BCUT2D eigenvalue weighted by molar-refractivity contribution is -0.149. The third kappa shape index (κ3) is 9.28. The molecule has 2 N–H and O–H groups in total. The van der Waals surface area contributed by atoms with E-state index in [0.29, 0.717) is 17.9 Å². The van der Waals surface area contributed by atoms with Crippen LogP contribution in [0.2, 0.25) is 0 Å².